The summed E-state index contributed by atoms with van der Waals surface area (Å²) >= 11 is 0. The molecule has 3 N–H and O–H groups in total. The second kappa shape index (κ2) is 4.61. The van der Waals surface area contributed by atoms with Crippen LogP contribution in [0.2, 0.25) is 0 Å². The Morgan fingerprint density at radius 2 is 1.73 bits per heavy atom. The molecule has 0 radical (unpaired) electrons. The van der Waals surface area contributed by atoms with Crippen LogP contribution in [0.15, 0.2) is 0 Å². The summed E-state index contributed by atoms with van der Waals surface area (Å²) in [4.78, 5) is 22.6. The number of nitrogens with two attached hydrogens (primary N) is 1. The number of nitrogens with one attached hydrogen (secondary N) is 1. The zero-order valence-electron chi connectivity index (χ0n) is 10.0. The molecule has 0 aromatic rings. The Hall–Kier alpha value is -1.10. The van der Waals surface area contributed by atoms with Crippen LogP contribution in [-0.4, -0.2) is 31.1 Å². The van der Waals surface area contributed by atoms with E-state index in [-0.39, 0.29) is 12.5 Å². The lowest BCUT2D eigenvalue weighted by Crippen LogP contribution is -2.56. The summed E-state index contributed by atoms with van der Waals surface area (Å²) in [7, 11) is 1.27. The predicted molar refractivity (Wildman–Crippen MR) is 57.1 cm³/mol. The molecule has 0 aromatic carbocycles. The van der Waals surface area contributed by atoms with Crippen molar-refractivity contribution in [2.45, 2.75) is 33.2 Å². The number of amides is 1. The summed E-state index contributed by atoms with van der Waals surface area (Å²) in [5, 5.41) is 2.49. The Morgan fingerprint density at radius 3 is 2.07 bits per heavy atom. The van der Waals surface area contributed by atoms with Gasteiger partial charge in [0.1, 0.15) is 6.54 Å². The fraction of sp³-hybridized carbons (Fsp3) is 0.800. The van der Waals surface area contributed by atoms with Crippen LogP contribution in [0, 0.1) is 5.41 Å². The lowest BCUT2D eigenvalue weighted by atomic mass is 9.74. The maximum absolute atomic E-state index is 11.7. The van der Waals surface area contributed by atoms with Gasteiger partial charge in [-0.1, -0.05) is 0 Å². The molecule has 0 heterocycles. The monoisotopic (exact) mass is 216 g/mol. The highest BCUT2D eigenvalue weighted by Crippen LogP contribution is 2.28. The Kier molecular flexibility index (Phi) is 4.27. The standard InChI is InChI=1S/C10H20N2O3/c1-9(2,10(3,4)11)8(14)12-6-7(13)15-5/h6,11H2,1-5H3,(H,12,14). The largest absolute Gasteiger partial charge is 0.468 e. The molecule has 0 fully saturated rings. The zero-order chi connectivity index (χ0) is 12.3. The van der Waals surface area contributed by atoms with E-state index in [2.05, 4.69) is 10.1 Å². The Morgan fingerprint density at radius 1 is 1.27 bits per heavy atom. The SMILES string of the molecule is COC(=O)CNC(=O)C(C)(C)C(C)(C)N. The maximum Gasteiger partial charge on any atom is 0.325 e. The normalized spacial score (nSPS) is 12.1. The van der Waals surface area contributed by atoms with Crippen molar-refractivity contribution in [2.75, 3.05) is 13.7 Å². The molecular formula is C10H20N2O3. The molecule has 0 saturated heterocycles. The molecular weight excluding hydrogens is 196 g/mol. The van der Waals surface area contributed by atoms with Crippen LogP contribution in [-0.2, 0) is 14.3 Å². The number of carbonyl (C=O) groups is 2. The third-order valence-electron chi connectivity index (χ3n) is 2.80. The van der Waals surface area contributed by atoms with Crippen molar-refractivity contribution >= 4 is 11.9 Å². The summed E-state index contributed by atoms with van der Waals surface area (Å²) in [5.41, 5.74) is 4.47. The highest BCUT2D eigenvalue weighted by atomic mass is 16.5. The number of hydrogen-bond donors (Lipinski definition) is 2. The van der Waals surface area contributed by atoms with Crippen molar-refractivity contribution in [3.8, 4) is 0 Å². The molecule has 0 rings (SSSR count). The number of methoxy groups -OCH3 is 1. The van der Waals surface area contributed by atoms with Crippen LogP contribution in [0.25, 0.3) is 0 Å². The third-order valence-corrected chi connectivity index (χ3v) is 2.80. The van der Waals surface area contributed by atoms with E-state index in [0.717, 1.165) is 0 Å². The van der Waals surface area contributed by atoms with Crippen LogP contribution < -0.4 is 11.1 Å². The summed E-state index contributed by atoms with van der Waals surface area (Å²) in [6, 6.07) is 0. The first kappa shape index (κ1) is 13.9. The molecule has 0 aliphatic rings. The molecule has 0 saturated carbocycles. The van der Waals surface area contributed by atoms with Crippen molar-refractivity contribution in [3.63, 3.8) is 0 Å². The van der Waals surface area contributed by atoms with Crippen LogP contribution in [0.4, 0.5) is 0 Å². The average Bonchev–Trinajstić information content (AvgIpc) is 2.11. The van der Waals surface area contributed by atoms with Gasteiger partial charge in [0.25, 0.3) is 0 Å². The van der Waals surface area contributed by atoms with Crippen LogP contribution in [0.5, 0.6) is 0 Å². The molecule has 0 bridgehead atoms. The second-order valence-electron chi connectivity index (χ2n) is 4.61. The van der Waals surface area contributed by atoms with Gasteiger partial charge in [-0.05, 0) is 27.7 Å². The van der Waals surface area contributed by atoms with Gasteiger partial charge < -0.3 is 15.8 Å². The van der Waals surface area contributed by atoms with Gasteiger partial charge in [-0.15, -0.1) is 0 Å². The molecule has 0 spiro atoms. The average molecular weight is 216 g/mol. The van der Waals surface area contributed by atoms with Crippen LogP contribution in [0.1, 0.15) is 27.7 Å². The number of esters is 1. The minimum Gasteiger partial charge on any atom is -0.468 e. The van der Waals surface area contributed by atoms with E-state index >= 15 is 0 Å². The van der Waals surface area contributed by atoms with E-state index in [0.29, 0.717) is 0 Å². The summed E-state index contributed by atoms with van der Waals surface area (Å²) in [6.07, 6.45) is 0. The predicted octanol–water partition coefficient (Wildman–Crippen LogP) is 0.0391. The maximum atomic E-state index is 11.7. The van der Waals surface area contributed by atoms with E-state index in [1.165, 1.54) is 7.11 Å². The lowest BCUT2D eigenvalue weighted by Gasteiger charge is -2.36. The number of carbonyl (C=O) groups excluding carboxylic acids is 2. The fourth-order valence-corrected chi connectivity index (χ4v) is 0.738. The van der Waals surface area contributed by atoms with E-state index in [9.17, 15) is 9.59 Å². The number of rotatable bonds is 4. The van der Waals surface area contributed by atoms with Crippen molar-refractivity contribution in [2.24, 2.45) is 11.1 Å². The molecule has 5 nitrogen and oxygen atoms in total. The summed E-state index contributed by atoms with van der Waals surface area (Å²) in [5.74, 6) is -0.741. The first-order valence-corrected chi connectivity index (χ1v) is 4.77. The molecule has 1 amide bonds. The van der Waals surface area contributed by atoms with E-state index in [1.807, 2.05) is 0 Å². The highest BCUT2D eigenvalue weighted by molar-refractivity contribution is 5.86. The summed E-state index contributed by atoms with van der Waals surface area (Å²) < 4.78 is 4.41. The van der Waals surface area contributed by atoms with Gasteiger partial charge in [0.15, 0.2) is 0 Å². The van der Waals surface area contributed by atoms with E-state index < -0.39 is 16.9 Å². The Balaban J connectivity index is 4.40. The molecule has 88 valence electrons. The minimum atomic E-state index is -0.749. The molecule has 15 heavy (non-hydrogen) atoms. The van der Waals surface area contributed by atoms with Gasteiger partial charge in [0.05, 0.1) is 12.5 Å². The van der Waals surface area contributed by atoms with Crippen molar-refractivity contribution in [1.82, 2.24) is 5.32 Å². The first-order chi connectivity index (χ1) is 6.63. The highest BCUT2D eigenvalue weighted by Gasteiger charge is 2.40. The quantitative estimate of drug-likeness (QED) is 0.650. The van der Waals surface area contributed by atoms with Crippen LogP contribution >= 0.6 is 0 Å². The van der Waals surface area contributed by atoms with Crippen molar-refractivity contribution < 1.29 is 14.3 Å². The van der Waals surface area contributed by atoms with Gasteiger partial charge in [-0.3, -0.25) is 9.59 Å². The molecule has 0 aliphatic carbocycles. The topological polar surface area (TPSA) is 81.4 Å². The summed E-state index contributed by atoms with van der Waals surface area (Å²) in [6.45, 7) is 6.88. The smallest absolute Gasteiger partial charge is 0.325 e. The lowest BCUT2D eigenvalue weighted by molar-refractivity contribution is -0.143. The Labute approximate surface area is 90.4 Å². The van der Waals surface area contributed by atoms with E-state index in [4.69, 9.17) is 5.73 Å². The Bertz CT molecular complexity index is 254. The molecule has 0 unspecified atom stereocenters. The molecule has 0 aliphatic heterocycles. The fourth-order valence-electron chi connectivity index (χ4n) is 0.738. The molecule has 0 atom stereocenters. The first-order valence-electron chi connectivity index (χ1n) is 4.77. The van der Waals surface area contributed by atoms with Crippen molar-refractivity contribution in [1.29, 1.82) is 0 Å². The van der Waals surface area contributed by atoms with Crippen molar-refractivity contribution in [3.05, 3.63) is 0 Å². The second-order valence-corrected chi connectivity index (χ2v) is 4.61. The molecule has 0 aromatic heterocycles. The van der Waals surface area contributed by atoms with Gasteiger partial charge >= 0.3 is 5.97 Å². The van der Waals surface area contributed by atoms with Gasteiger partial charge in [0.2, 0.25) is 5.91 Å². The molecule has 5 heteroatoms. The van der Waals surface area contributed by atoms with Crippen LogP contribution in [0.3, 0.4) is 0 Å². The van der Waals surface area contributed by atoms with Gasteiger partial charge in [-0.25, -0.2) is 0 Å². The minimum absolute atomic E-state index is 0.130. The van der Waals surface area contributed by atoms with Gasteiger partial charge in [-0.2, -0.15) is 0 Å². The third kappa shape index (κ3) is 3.51. The number of ether oxygens (including phenoxy) is 1. The van der Waals surface area contributed by atoms with E-state index in [1.54, 1.807) is 27.7 Å². The zero-order valence-corrected chi connectivity index (χ0v) is 10.0. The number of hydrogen-bond acceptors (Lipinski definition) is 4. The van der Waals surface area contributed by atoms with Gasteiger partial charge in [0, 0.05) is 5.54 Å².